The molecule has 0 radical (unpaired) electrons. The lowest BCUT2D eigenvalue weighted by Gasteiger charge is -2.18. The van der Waals surface area contributed by atoms with Crippen LogP contribution in [0.2, 0.25) is 0 Å². The summed E-state index contributed by atoms with van der Waals surface area (Å²) in [5.41, 5.74) is 7.00. The molecule has 6 heteroatoms. The van der Waals surface area contributed by atoms with Crippen LogP contribution < -0.4 is 16.2 Å². The molecule has 0 heterocycles. The lowest BCUT2D eigenvalue weighted by molar-refractivity contribution is 0.520. The Morgan fingerprint density at radius 1 is 1.20 bits per heavy atom. The summed E-state index contributed by atoms with van der Waals surface area (Å²) in [6, 6.07) is 4.69. The van der Waals surface area contributed by atoms with Gasteiger partial charge < -0.3 is 11.1 Å². The van der Waals surface area contributed by atoms with Gasteiger partial charge in [-0.1, -0.05) is 26.7 Å². The van der Waals surface area contributed by atoms with Gasteiger partial charge in [0.05, 0.1) is 16.3 Å². The first-order valence-corrected chi connectivity index (χ1v) is 8.43. The van der Waals surface area contributed by atoms with Crippen LogP contribution in [0.15, 0.2) is 23.1 Å². The van der Waals surface area contributed by atoms with Crippen LogP contribution in [0.3, 0.4) is 0 Å². The fourth-order valence-corrected chi connectivity index (χ4v) is 2.55. The molecule has 0 saturated heterocycles. The molecule has 1 unspecified atom stereocenters. The van der Waals surface area contributed by atoms with Gasteiger partial charge in [0.2, 0.25) is 10.0 Å². The molecule has 1 aromatic carbocycles. The summed E-state index contributed by atoms with van der Waals surface area (Å²) in [4.78, 5) is 0.0728. The van der Waals surface area contributed by atoms with Gasteiger partial charge in [-0.3, -0.25) is 0 Å². The Bertz CT molecular complexity index is 541. The highest BCUT2D eigenvalue weighted by Gasteiger charge is 2.12. The zero-order valence-electron chi connectivity index (χ0n) is 12.4. The highest BCUT2D eigenvalue weighted by molar-refractivity contribution is 7.89. The zero-order valence-corrected chi connectivity index (χ0v) is 13.2. The molecule has 1 atom stereocenters. The highest BCUT2D eigenvalue weighted by atomic mass is 32.2. The van der Waals surface area contributed by atoms with Crippen molar-refractivity contribution >= 4 is 21.4 Å². The maximum atomic E-state index is 11.3. The summed E-state index contributed by atoms with van der Waals surface area (Å²) in [7, 11) is -3.70. The van der Waals surface area contributed by atoms with E-state index in [1.54, 1.807) is 6.07 Å². The van der Waals surface area contributed by atoms with E-state index < -0.39 is 10.0 Å². The number of sulfonamides is 1. The number of nitrogens with one attached hydrogen (secondary N) is 1. The number of nitrogen functional groups attached to an aromatic ring is 1. The Hall–Kier alpha value is -1.27. The average Bonchev–Trinajstić information content (AvgIpc) is 2.30. The third-order valence-electron chi connectivity index (χ3n) is 3.17. The Labute approximate surface area is 121 Å². The SMILES string of the molecule is CC(C)CCCC(C)Nc1cc(S(N)(=O)=O)ccc1N. The molecule has 0 amide bonds. The van der Waals surface area contributed by atoms with E-state index >= 15 is 0 Å². The minimum absolute atomic E-state index is 0.0728. The van der Waals surface area contributed by atoms with Crippen molar-refractivity contribution in [3.05, 3.63) is 18.2 Å². The van der Waals surface area contributed by atoms with Gasteiger partial charge in [-0.05, 0) is 37.5 Å². The summed E-state index contributed by atoms with van der Waals surface area (Å²) in [6.07, 6.45) is 3.32. The normalized spacial score (nSPS) is 13.4. The third kappa shape index (κ3) is 5.38. The van der Waals surface area contributed by atoms with Crippen LogP contribution >= 0.6 is 0 Å². The van der Waals surface area contributed by atoms with E-state index in [2.05, 4.69) is 26.1 Å². The fourth-order valence-electron chi connectivity index (χ4n) is 2.01. The first-order valence-electron chi connectivity index (χ1n) is 6.89. The number of nitrogens with two attached hydrogens (primary N) is 2. The first kappa shape index (κ1) is 16.8. The van der Waals surface area contributed by atoms with Gasteiger partial charge in [0.15, 0.2) is 0 Å². The average molecular weight is 299 g/mol. The van der Waals surface area contributed by atoms with E-state index in [9.17, 15) is 8.42 Å². The molecule has 0 bridgehead atoms. The Morgan fingerprint density at radius 2 is 1.85 bits per heavy atom. The van der Waals surface area contributed by atoms with Gasteiger partial charge in [-0.15, -0.1) is 0 Å². The molecule has 1 rings (SSSR count). The summed E-state index contributed by atoms with van der Waals surface area (Å²) >= 11 is 0. The van der Waals surface area contributed by atoms with Crippen LogP contribution in [0.25, 0.3) is 0 Å². The van der Waals surface area contributed by atoms with E-state index in [-0.39, 0.29) is 10.9 Å². The molecule has 20 heavy (non-hydrogen) atoms. The van der Waals surface area contributed by atoms with Gasteiger partial charge in [0.25, 0.3) is 0 Å². The Kier molecular flexibility index (Phi) is 5.83. The number of hydrogen-bond donors (Lipinski definition) is 3. The van der Waals surface area contributed by atoms with Crippen LogP contribution in [-0.2, 0) is 10.0 Å². The molecule has 0 aromatic heterocycles. The second-order valence-electron chi connectivity index (χ2n) is 5.66. The van der Waals surface area contributed by atoms with Crippen molar-refractivity contribution in [1.82, 2.24) is 0 Å². The predicted molar refractivity (Wildman–Crippen MR) is 84.0 cm³/mol. The highest BCUT2D eigenvalue weighted by Crippen LogP contribution is 2.23. The number of benzene rings is 1. The van der Waals surface area contributed by atoms with Crippen molar-refractivity contribution in [3.8, 4) is 0 Å². The second kappa shape index (κ2) is 6.95. The Balaban J connectivity index is 2.71. The Morgan fingerprint density at radius 3 is 2.40 bits per heavy atom. The molecule has 5 N–H and O–H groups in total. The van der Waals surface area contributed by atoms with Crippen molar-refractivity contribution in [2.45, 2.75) is 51.0 Å². The maximum absolute atomic E-state index is 11.3. The van der Waals surface area contributed by atoms with E-state index in [4.69, 9.17) is 10.9 Å². The molecular formula is C14H25N3O2S. The van der Waals surface area contributed by atoms with E-state index in [0.29, 0.717) is 17.3 Å². The largest absolute Gasteiger partial charge is 0.397 e. The molecule has 5 nitrogen and oxygen atoms in total. The van der Waals surface area contributed by atoms with Crippen molar-refractivity contribution in [2.75, 3.05) is 11.1 Å². The van der Waals surface area contributed by atoms with Gasteiger partial charge in [0.1, 0.15) is 0 Å². The van der Waals surface area contributed by atoms with Crippen LogP contribution in [-0.4, -0.2) is 14.5 Å². The molecule has 0 aliphatic heterocycles. The topological polar surface area (TPSA) is 98.2 Å². The van der Waals surface area contributed by atoms with E-state index in [1.807, 2.05) is 0 Å². The summed E-state index contributed by atoms with van der Waals surface area (Å²) in [6.45, 7) is 6.46. The summed E-state index contributed by atoms with van der Waals surface area (Å²) in [5, 5.41) is 8.38. The number of rotatable bonds is 7. The van der Waals surface area contributed by atoms with Gasteiger partial charge >= 0.3 is 0 Å². The second-order valence-corrected chi connectivity index (χ2v) is 7.23. The van der Waals surface area contributed by atoms with E-state index in [0.717, 1.165) is 12.8 Å². The van der Waals surface area contributed by atoms with Crippen LogP contribution in [0.1, 0.15) is 40.0 Å². The van der Waals surface area contributed by atoms with Crippen LogP contribution in [0.4, 0.5) is 11.4 Å². The number of anilines is 2. The molecule has 0 fully saturated rings. The van der Waals surface area contributed by atoms with Crippen molar-refractivity contribution in [1.29, 1.82) is 0 Å². The molecule has 0 spiro atoms. The molecule has 0 aliphatic rings. The van der Waals surface area contributed by atoms with E-state index in [1.165, 1.54) is 18.6 Å². The zero-order chi connectivity index (χ0) is 15.3. The standard InChI is InChI=1S/C14H25N3O2S/c1-10(2)5-4-6-11(3)17-14-9-12(20(16,18)19)7-8-13(14)15/h7-11,17H,4-6,15H2,1-3H3,(H2,16,18,19). The quantitative estimate of drug-likeness (QED) is 0.674. The van der Waals surface area contributed by atoms with Crippen LogP contribution in [0, 0.1) is 5.92 Å². The predicted octanol–water partition coefficient (Wildman–Crippen LogP) is 2.54. The first-order chi connectivity index (χ1) is 9.20. The number of primary sulfonamides is 1. The van der Waals surface area contributed by atoms with Gasteiger partial charge in [-0.25, -0.2) is 13.6 Å². The van der Waals surface area contributed by atoms with Crippen molar-refractivity contribution < 1.29 is 8.42 Å². The maximum Gasteiger partial charge on any atom is 0.238 e. The monoisotopic (exact) mass is 299 g/mol. The number of hydrogen-bond acceptors (Lipinski definition) is 4. The molecule has 114 valence electrons. The van der Waals surface area contributed by atoms with Gasteiger partial charge in [-0.2, -0.15) is 0 Å². The molecule has 1 aromatic rings. The van der Waals surface area contributed by atoms with Crippen molar-refractivity contribution in [3.63, 3.8) is 0 Å². The van der Waals surface area contributed by atoms with Crippen LogP contribution in [0.5, 0.6) is 0 Å². The molecule has 0 aliphatic carbocycles. The lowest BCUT2D eigenvalue weighted by atomic mass is 10.0. The fraction of sp³-hybridized carbons (Fsp3) is 0.571. The minimum Gasteiger partial charge on any atom is -0.397 e. The summed E-state index contributed by atoms with van der Waals surface area (Å²) < 4.78 is 22.7. The smallest absolute Gasteiger partial charge is 0.238 e. The molecule has 0 saturated carbocycles. The van der Waals surface area contributed by atoms with Crippen molar-refractivity contribution in [2.24, 2.45) is 11.1 Å². The molecular weight excluding hydrogens is 274 g/mol. The summed E-state index contributed by atoms with van der Waals surface area (Å²) in [5.74, 6) is 0.693. The van der Waals surface area contributed by atoms with Gasteiger partial charge in [0, 0.05) is 6.04 Å². The lowest BCUT2D eigenvalue weighted by Crippen LogP contribution is -2.18. The minimum atomic E-state index is -3.70. The third-order valence-corrected chi connectivity index (χ3v) is 4.08.